The van der Waals surface area contributed by atoms with Gasteiger partial charge in [-0.3, -0.25) is 19.2 Å². The summed E-state index contributed by atoms with van der Waals surface area (Å²) in [6, 6.07) is 37.7. The van der Waals surface area contributed by atoms with Gasteiger partial charge in [-0.25, -0.2) is 4.90 Å². The molecule has 0 radical (unpaired) electrons. The van der Waals surface area contributed by atoms with Crippen LogP contribution in [-0.4, -0.2) is 36.0 Å². The van der Waals surface area contributed by atoms with Crippen molar-refractivity contribution in [2.45, 2.75) is 23.2 Å². The summed E-state index contributed by atoms with van der Waals surface area (Å²) in [6.45, 7) is 0.307. The minimum atomic E-state index is -0.614. The van der Waals surface area contributed by atoms with E-state index in [1.807, 2.05) is 48.5 Å². The first-order valence-corrected chi connectivity index (χ1v) is 17.9. The Morgan fingerprint density at radius 2 is 1.59 bits per heavy atom. The van der Waals surface area contributed by atoms with Crippen LogP contribution in [0.3, 0.4) is 0 Å². The lowest BCUT2D eigenvalue weighted by Gasteiger charge is -2.15. The lowest BCUT2D eigenvalue weighted by atomic mass is 10.1. The monoisotopic (exact) mass is 809 g/mol. The Morgan fingerprint density at radius 1 is 0.863 bits per heavy atom. The molecule has 0 spiro atoms. The summed E-state index contributed by atoms with van der Waals surface area (Å²) in [5, 5.41) is 5.02. The van der Waals surface area contributed by atoms with Gasteiger partial charge in [-0.15, -0.1) is 11.8 Å². The number of nitrogens with zero attached hydrogens (tertiary/aromatic N) is 1. The van der Waals surface area contributed by atoms with Crippen molar-refractivity contribution in [3.05, 3.63) is 153 Å². The zero-order chi connectivity index (χ0) is 35.7. The molecule has 5 aromatic rings. The molecule has 6 rings (SSSR count). The first-order valence-electron chi connectivity index (χ1n) is 15.9. The van der Waals surface area contributed by atoms with E-state index in [0.717, 1.165) is 9.13 Å². The molecule has 0 aromatic heterocycles. The molecule has 2 N–H and O–H groups in total. The minimum Gasteiger partial charge on any atom is -0.493 e. The SMILES string of the molecule is COc1ccc(C=C(NC(=O)c2ccccc2)C(=O)Nc2cccc(SC3CC(=O)N(c4ccc(I)cc4)C3=O)c2)cc1OCc1ccccc1. The number of thioether (sulfide) groups is 1. The third-order valence-electron chi connectivity index (χ3n) is 7.82. The van der Waals surface area contributed by atoms with E-state index in [4.69, 9.17) is 9.47 Å². The second-order valence-electron chi connectivity index (χ2n) is 11.4. The van der Waals surface area contributed by atoms with Gasteiger partial charge in [0.15, 0.2) is 11.5 Å². The number of hydrogen-bond donors (Lipinski definition) is 2. The second-order valence-corrected chi connectivity index (χ2v) is 13.9. The maximum atomic E-state index is 13.8. The normalized spacial score (nSPS) is 14.3. The summed E-state index contributed by atoms with van der Waals surface area (Å²) in [4.78, 5) is 55.1. The molecule has 1 aliphatic rings. The molecule has 1 atom stereocenters. The maximum Gasteiger partial charge on any atom is 0.272 e. The van der Waals surface area contributed by atoms with E-state index < -0.39 is 17.1 Å². The third kappa shape index (κ3) is 9.04. The highest BCUT2D eigenvalue weighted by Crippen LogP contribution is 2.35. The molecule has 1 unspecified atom stereocenters. The predicted molar refractivity (Wildman–Crippen MR) is 207 cm³/mol. The molecule has 0 bridgehead atoms. The van der Waals surface area contributed by atoms with Crippen molar-refractivity contribution in [3.63, 3.8) is 0 Å². The molecule has 4 amide bonds. The fourth-order valence-electron chi connectivity index (χ4n) is 5.31. The number of amides is 4. The summed E-state index contributed by atoms with van der Waals surface area (Å²) < 4.78 is 12.6. The number of imide groups is 1. The van der Waals surface area contributed by atoms with Crippen LogP contribution in [0.25, 0.3) is 6.08 Å². The molecule has 256 valence electrons. The molecule has 1 fully saturated rings. The van der Waals surface area contributed by atoms with E-state index in [1.54, 1.807) is 92.0 Å². The summed E-state index contributed by atoms with van der Waals surface area (Å²) >= 11 is 3.43. The molecule has 1 saturated heterocycles. The molecule has 0 saturated carbocycles. The summed E-state index contributed by atoms with van der Waals surface area (Å²) in [5.74, 6) is -0.603. The highest BCUT2D eigenvalue weighted by atomic mass is 127. The zero-order valence-electron chi connectivity index (χ0n) is 27.4. The number of rotatable bonds is 12. The Labute approximate surface area is 313 Å². The van der Waals surface area contributed by atoms with Gasteiger partial charge in [-0.1, -0.05) is 60.7 Å². The van der Waals surface area contributed by atoms with Crippen molar-refractivity contribution in [1.29, 1.82) is 0 Å². The van der Waals surface area contributed by atoms with E-state index >= 15 is 0 Å². The fourth-order valence-corrected chi connectivity index (χ4v) is 6.78. The van der Waals surface area contributed by atoms with Gasteiger partial charge in [0, 0.05) is 26.1 Å². The summed E-state index contributed by atoms with van der Waals surface area (Å²) in [5.41, 5.74) is 2.92. The van der Waals surface area contributed by atoms with Gasteiger partial charge in [0.1, 0.15) is 12.3 Å². The standard InChI is InChI=1S/C40H32IN3O6S/c1-49-34-20-15-27(22-35(34)50-25-26-9-4-2-5-10-26)21-33(43-38(46)28-11-6-3-7-12-28)39(47)42-30-13-8-14-32(23-30)51-36-24-37(45)44(40(36)48)31-18-16-29(41)17-19-31/h2-23,36H,24-25H2,1H3,(H,42,47)(H,43,46). The van der Waals surface area contributed by atoms with Crippen molar-refractivity contribution < 1.29 is 28.7 Å². The highest BCUT2D eigenvalue weighted by molar-refractivity contribution is 14.1. The average molecular weight is 810 g/mol. The highest BCUT2D eigenvalue weighted by Gasteiger charge is 2.40. The van der Waals surface area contributed by atoms with Gasteiger partial charge in [-0.2, -0.15) is 0 Å². The average Bonchev–Trinajstić information content (AvgIpc) is 3.43. The molecule has 9 nitrogen and oxygen atoms in total. The Hall–Kier alpha value is -5.40. The van der Waals surface area contributed by atoms with Gasteiger partial charge >= 0.3 is 0 Å². The van der Waals surface area contributed by atoms with Crippen LogP contribution in [0.4, 0.5) is 11.4 Å². The van der Waals surface area contributed by atoms with Gasteiger partial charge in [0.25, 0.3) is 11.8 Å². The van der Waals surface area contributed by atoms with Crippen LogP contribution in [0.15, 0.2) is 138 Å². The number of halogens is 1. The third-order valence-corrected chi connectivity index (χ3v) is 9.72. The molecule has 1 heterocycles. The Morgan fingerprint density at radius 3 is 2.31 bits per heavy atom. The van der Waals surface area contributed by atoms with Gasteiger partial charge < -0.3 is 20.1 Å². The van der Waals surface area contributed by atoms with E-state index in [9.17, 15) is 19.2 Å². The number of carbonyl (C=O) groups is 4. The van der Waals surface area contributed by atoms with Crippen LogP contribution in [0.5, 0.6) is 11.5 Å². The largest absolute Gasteiger partial charge is 0.493 e. The van der Waals surface area contributed by atoms with Crippen molar-refractivity contribution in [2.24, 2.45) is 0 Å². The van der Waals surface area contributed by atoms with Crippen molar-refractivity contribution in [1.82, 2.24) is 5.32 Å². The van der Waals surface area contributed by atoms with Crippen molar-refractivity contribution in [3.8, 4) is 11.5 Å². The summed E-state index contributed by atoms with van der Waals surface area (Å²) in [6.07, 6.45) is 1.62. The van der Waals surface area contributed by atoms with E-state index in [-0.39, 0.29) is 23.9 Å². The second kappa shape index (κ2) is 16.5. The number of methoxy groups -OCH3 is 1. The first kappa shape index (κ1) is 35.4. The predicted octanol–water partition coefficient (Wildman–Crippen LogP) is 7.71. The van der Waals surface area contributed by atoms with Gasteiger partial charge in [0.05, 0.1) is 18.0 Å². The molecule has 0 aliphatic carbocycles. The van der Waals surface area contributed by atoms with Gasteiger partial charge in [-0.05, 0) is 107 Å². The Kier molecular flexibility index (Phi) is 11.5. The number of anilines is 2. The topological polar surface area (TPSA) is 114 Å². The number of nitrogens with one attached hydrogen (secondary N) is 2. The maximum absolute atomic E-state index is 13.8. The van der Waals surface area contributed by atoms with E-state index in [2.05, 4.69) is 33.2 Å². The van der Waals surface area contributed by atoms with Crippen LogP contribution in [0.2, 0.25) is 0 Å². The van der Waals surface area contributed by atoms with E-state index in [1.165, 1.54) is 16.7 Å². The van der Waals surface area contributed by atoms with Crippen LogP contribution in [0.1, 0.15) is 27.9 Å². The van der Waals surface area contributed by atoms with Crippen LogP contribution < -0.4 is 25.0 Å². The summed E-state index contributed by atoms with van der Waals surface area (Å²) in [7, 11) is 1.55. The quantitative estimate of drug-likeness (QED) is 0.0755. The first-order chi connectivity index (χ1) is 24.8. The molecule has 1 aliphatic heterocycles. The minimum absolute atomic E-state index is 0.00850. The zero-order valence-corrected chi connectivity index (χ0v) is 30.4. The number of carbonyl (C=O) groups excluding carboxylic acids is 4. The number of ether oxygens (including phenoxy) is 2. The lowest BCUT2D eigenvalue weighted by molar-refractivity contribution is -0.121. The van der Waals surface area contributed by atoms with Crippen LogP contribution in [-0.2, 0) is 21.0 Å². The fraction of sp³-hybridized carbons (Fsp3) is 0.100. The lowest BCUT2D eigenvalue weighted by Crippen LogP contribution is -2.31. The molecule has 11 heteroatoms. The molecular formula is C40H32IN3O6S. The van der Waals surface area contributed by atoms with Gasteiger partial charge in [0.2, 0.25) is 11.8 Å². The van der Waals surface area contributed by atoms with Crippen LogP contribution >= 0.6 is 34.4 Å². The molecule has 51 heavy (non-hydrogen) atoms. The Bertz CT molecular complexity index is 2090. The molecule has 5 aromatic carbocycles. The Balaban J connectivity index is 1.22. The van der Waals surface area contributed by atoms with Crippen LogP contribution in [0, 0.1) is 3.57 Å². The number of hydrogen-bond acceptors (Lipinski definition) is 7. The van der Waals surface area contributed by atoms with Crippen molar-refractivity contribution >= 4 is 75.4 Å². The van der Waals surface area contributed by atoms with Crippen molar-refractivity contribution in [2.75, 3.05) is 17.3 Å². The smallest absolute Gasteiger partial charge is 0.272 e. The number of benzene rings is 5. The van der Waals surface area contributed by atoms with E-state index in [0.29, 0.717) is 45.5 Å². The molecular weight excluding hydrogens is 777 g/mol.